The van der Waals surface area contributed by atoms with Crippen LogP contribution in [0.4, 0.5) is 11.4 Å². The van der Waals surface area contributed by atoms with E-state index in [2.05, 4.69) is 17.4 Å². The maximum absolute atomic E-state index is 12.6. The van der Waals surface area contributed by atoms with Gasteiger partial charge in [-0.05, 0) is 60.2 Å². The molecule has 0 unspecified atom stereocenters. The standard InChI is InChI=1S/C25H26N2O3S/c1-2-31(29,30)27-16-6-9-22-18-23(14-15-24(22)27)26-25(28)17-19-10-12-21(13-11-19)20-7-4-3-5-8-20/h3-5,7-8,10-15,18H,2,6,9,16-17H2,1H3,(H,26,28). The molecular weight excluding hydrogens is 408 g/mol. The van der Waals surface area contributed by atoms with Gasteiger partial charge in [-0.15, -0.1) is 0 Å². The number of hydrogen-bond acceptors (Lipinski definition) is 3. The number of hydrogen-bond donors (Lipinski definition) is 1. The lowest BCUT2D eigenvalue weighted by Gasteiger charge is -2.30. The van der Waals surface area contributed by atoms with Crippen LogP contribution < -0.4 is 9.62 Å². The molecule has 3 aromatic carbocycles. The molecule has 0 spiro atoms. The molecule has 0 radical (unpaired) electrons. The molecule has 3 aromatic rings. The summed E-state index contributed by atoms with van der Waals surface area (Å²) in [5.41, 5.74) is 5.57. The van der Waals surface area contributed by atoms with E-state index in [0.717, 1.165) is 40.8 Å². The molecule has 1 amide bonds. The average molecular weight is 435 g/mol. The van der Waals surface area contributed by atoms with E-state index in [-0.39, 0.29) is 18.1 Å². The zero-order valence-electron chi connectivity index (χ0n) is 17.5. The molecule has 0 bridgehead atoms. The second-order valence-corrected chi connectivity index (χ2v) is 9.89. The van der Waals surface area contributed by atoms with Crippen molar-refractivity contribution in [1.29, 1.82) is 0 Å². The SMILES string of the molecule is CCS(=O)(=O)N1CCCc2cc(NC(=O)Cc3ccc(-c4ccccc4)cc3)ccc21. The fourth-order valence-electron chi connectivity index (χ4n) is 3.92. The third kappa shape index (κ3) is 4.80. The molecule has 0 atom stereocenters. The Bertz CT molecular complexity index is 1170. The van der Waals surface area contributed by atoms with Gasteiger partial charge in [-0.1, -0.05) is 54.6 Å². The normalized spacial score (nSPS) is 13.5. The van der Waals surface area contributed by atoms with Crippen molar-refractivity contribution in [2.75, 3.05) is 21.9 Å². The highest BCUT2D eigenvalue weighted by Gasteiger charge is 2.26. The minimum atomic E-state index is -3.29. The number of sulfonamides is 1. The highest BCUT2D eigenvalue weighted by Crippen LogP contribution is 2.31. The topological polar surface area (TPSA) is 66.5 Å². The monoisotopic (exact) mass is 434 g/mol. The number of nitrogens with one attached hydrogen (secondary N) is 1. The second-order valence-electron chi connectivity index (χ2n) is 7.71. The maximum Gasteiger partial charge on any atom is 0.234 e. The number of amides is 1. The highest BCUT2D eigenvalue weighted by atomic mass is 32.2. The van der Waals surface area contributed by atoms with E-state index in [1.165, 1.54) is 4.31 Å². The van der Waals surface area contributed by atoms with Crippen LogP contribution in [0.1, 0.15) is 24.5 Å². The molecule has 0 saturated heterocycles. The first-order valence-electron chi connectivity index (χ1n) is 10.5. The molecule has 0 aliphatic carbocycles. The fourth-order valence-corrected chi connectivity index (χ4v) is 5.12. The molecule has 31 heavy (non-hydrogen) atoms. The first kappa shape index (κ1) is 21.1. The number of carbonyl (C=O) groups excluding carboxylic acids is 1. The minimum Gasteiger partial charge on any atom is -0.326 e. The van der Waals surface area contributed by atoms with Crippen molar-refractivity contribution < 1.29 is 13.2 Å². The van der Waals surface area contributed by atoms with Crippen LogP contribution in [-0.4, -0.2) is 26.6 Å². The Morgan fingerprint density at radius 3 is 2.39 bits per heavy atom. The lowest BCUT2D eigenvalue weighted by molar-refractivity contribution is -0.115. The van der Waals surface area contributed by atoms with Gasteiger partial charge >= 0.3 is 0 Å². The van der Waals surface area contributed by atoms with Gasteiger partial charge in [-0.3, -0.25) is 9.10 Å². The van der Waals surface area contributed by atoms with E-state index in [9.17, 15) is 13.2 Å². The predicted octanol–water partition coefficient (Wildman–Crippen LogP) is 4.64. The summed E-state index contributed by atoms with van der Waals surface area (Å²) >= 11 is 0. The summed E-state index contributed by atoms with van der Waals surface area (Å²) in [7, 11) is -3.29. The van der Waals surface area contributed by atoms with Crippen LogP contribution in [0.5, 0.6) is 0 Å². The van der Waals surface area contributed by atoms with Crippen LogP contribution >= 0.6 is 0 Å². The van der Waals surface area contributed by atoms with E-state index >= 15 is 0 Å². The van der Waals surface area contributed by atoms with Gasteiger partial charge < -0.3 is 5.32 Å². The summed E-state index contributed by atoms with van der Waals surface area (Å²) in [6.07, 6.45) is 1.86. The molecule has 0 aromatic heterocycles. The van der Waals surface area contributed by atoms with Crippen molar-refractivity contribution in [3.05, 3.63) is 83.9 Å². The smallest absolute Gasteiger partial charge is 0.234 e. The number of aryl methyl sites for hydroxylation is 1. The van der Waals surface area contributed by atoms with E-state index in [4.69, 9.17) is 0 Å². The summed E-state index contributed by atoms with van der Waals surface area (Å²) in [6, 6.07) is 23.6. The van der Waals surface area contributed by atoms with Gasteiger partial charge in [0, 0.05) is 12.2 Å². The third-order valence-electron chi connectivity index (χ3n) is 5.57. The molecule has 0 saturated carbocycles. The predicted molar refractivity (Wildman–Crippen MR) is 126 cm³/mol. The zero-order valence-corrected chi connectivity index (χ0v) is 18.4. The fraction of sp³-hybridized carbons (Fsp3) is 0.240. The molecule has 6 heteroatoms. The summed E-state index contributed by atoms with van der Waals surface area (Å²) in [4.78, 5) is 12.6. The number of carbonyl (C=O) groups is 1. The van der Waals surface area contributed by atoms with Crippen molar-refractivity contribution in [3.63, 3.8) is 0 Å². The second kappa shape index (κ2) is 8.94. The van der Waals surface area contributed by atoms with Gasteiger partial charge in [0.1, 0.15) is 0 Å². The van der Waals surface area contributed by atoms with E-state index < -0.39 is 10.0 Å². The quantitative estimate of drug-likeness (QED) is 0.615. The van der Waals surface area contributed by atoms with Crippen LogP contribution in [0.2, 0.25) is 0 Å². The number of rotatable bonds is 6. The Labute approximate surface area is 183 Å². The molecule has 160 valence electrons. The molecule has 1 aliphatic heterocycles. The van der Waals surface area contributed by atoms with Crippen molar-refractivity contribution in [2.24, 2.45) is 0 Å². The molecular formula is C25H26N2O3S. The first-order chi connectivity index (χ1) is 15.0. The number of nitrogens with zero attached hydrogens (tertiary/aromatic N) is 1. The van der Waals surface area contributed by atoms with Gasteiger partial charge in [0.15, 0.2) is 0 Å². The maximum atomic E-state index is 12.6. The average Bonchev–Trinajstić information content (AvgIpc) is 2.79. The van der Waals surface area contributed by atoms with Crippen LogP contribution in [-0.2, 0) is 27.7 Å². The van der Waals surface area contributed by atoms with Gasteiger partial charge in [-0.2, -0.15) is 0 Å². The zero-order chi connectivity index (χ0) is 21.8. The van der Waals surface area contributed by atoms with Crippen molar-refractivity contribution in [3.8, 4) is 11.1 Å². The van der Waals surface area contributed by atoms with Gasteiger partial charge in [-0.25, -0.2) is 8.42 Å². The number of benzene rings is 3. The van der Waals surface area contributed by atoms with E-state index in [1.807, 2.05) is 48.5 Å². The third-order valence-corrected chi connectivity index (χ3v) is 7.35. The molecule has 0 fully saturated rings. The van der Waals surface area contributed by atoms with Crippen molar-refractivity contribution >= 4 is 27.3 Å². The van der Waals surface area contributed by atoms with Crippen LogP contribution in [0.3, 0.4) is 0 Å². The Morgan fingerprint density at radius 2 is 1.68 bits per heavy atom. The molecule has 1 N–H and O–H groups in total. The highest BCUT2D eigenvalue weighted by molar-refractivity contribution is 7.92. The van der Waals surface area contributed by atoms with E-state index in [1.54, 1.807) is 19.1 Å². The largest absolute Gasteiger partial charge is 0.326 e. The molecule has 5 nitrogen and oxygen atoms in total. The summed E-state index contributed by atoms with van der Waals surface area (Å²) in [5, 5.41) is 2.95. The van der Waals surface area contributed by atoms with Crippen LogP contribution in [0.25, 0.3) is 11.1 Å². The Balaban J connectivity index is 1.43. The number of fused-ring (bicyclic) bond motifs is 1. The summed E-state index contributed by atoms with van der Waals surface area (Å²) < 4.78 is 26.2. The lowest BCUT2D eigenvalue weighted by Crippen LogP contribution is -2.36. The van der Waals surface area contributed by atoms with Crippen LogP contribution in [0, 0.1) is 0 Å². The lowest BCUT2D eigenvalue weighted by atomic mass is 10.0. The molecule has 4 rings (SSSR count). The minimum absolute atomic E-state index is 0.0774. The van der Waals surface area contributed by atoms with Gasteiger partial charge in [0.2, 0.25) is 15.9 Å². The van der Waals surface area contributed by atoms with Crippen molar-refractivity contribution in [2.45, 2.75) is 26.2 Å². The molecule has 1 heterocycles. The summed E-state index contributed by atoms with van der Waals surface area (Å²) in [6.45, 7) is 2.17. The Morgan fingerprint density at radius 1 is 0.968 bits per heavy atom. The Hall–Kier alpha value is -3.12. The van der Waals surface area contributed by atoms with Crippen molar-refractivity contribution in [1.82, 2.24) is 0 Å². The molecule has 1 aliphatic rings. The summed E-state index contributed by atoms with van der Waals surface area (Å²) in [5.74, 6) is -0.0187. The Kier molecular flexibility index (Phi) is 6.09. The van der Waals surface area contributed by atoms with Gasteiger partial charge in [0.25, 0.3) is 0 Å². The van der Waals surface area contributed by atoms with Crippen LogP contribution in [0.15, 0.2) is 72.8 Å². The van der Waals surface area contributed by atoms with E-state index in [0.29, 0.717) is 12.2 Å². The number of anilines is 2. The first-order valence-corrected chi connectivity index (χ1v) is 12.1. The van der Waals surface area contributed by atoms with Gasteiger partial charge in [0.05, 0.1) is 17.9 Å².